The van der Waals surface area contributed by atoms with Crippen molar-refractivity contribution in [2.24, 2.45) is 5.41 Å². The van der Waals surface area contributed by atoms with Gasteiger partial charge in [-0.15, -0.1) is 0 Å². The Kier molecular flexibility index (Phi) is 2.70. The van der Waals surface area contributed by atoms with Gasteiger partial charge in [-0.3, -0.25) is 4.79 Å². The Hall–Kier alpha value is -1.28. The predicted octanol–water partition coefficient (Wildman–Crippen LogP) is 4.58. The lowest BCUT2D eigenvalue weighted by Gasteiger charge is -2.21. The first-order chi connectivity index (χ1) is 8.60. The molecule has 0 amide bonds. The van der Waals surface area contributed by atoms with E-state index in [0.29, 0.717) is 5.02 Å². The van der Waals surface area contributed by atoms with Crippen LogP contribution in [0.1, 0.15) is 43.0 Å². The van der Waals surface area contributed by atoms with Crippen molar-refractivity contribution in [2.45, 2.75) is 32.6 Å². The van der Waals surface area contributed by atoms with E-state index in [1.54, 1.807) is 0 Å². The SMILES string of the molecule is CC1(C(=O)c2c[nH]c3cc(Cl)ccc23)CCCC1. The summed E-state index contributed by atoms with van der Waals surface area (Å²) in [7, 11) is 0. The standard InChI is InChI=1S/C15H16ClNO/c1-15(6-2-3-7-15)14(18)12-9-17-13-8-10(16)4-5-11(12)13/h4-5,8-9,17H,2-3,6-7H2,1H3. The van der Waals surface area contributed by atoms with Crippen molar-refractivity contribution in [1.82, 2.24) is 4.98 Å². The molecule has 3 heteroatoms. The van der Waals surface area contributed by atoms with Crippen molar-refractivity contribution < 1.29 is 4.79 Å². The zero-order valence-corrected chi connectivity index (χ0v) is 11.2. The minimum atomic E-state index is -0.172. The summed E-state index contributed by atoms with van der Waals surface area (Å²) in [6.07, 6.45) is 6.16. The lowest BCUT2D eigenvalue weighted by atomic mass is 9.81. The molecule has 0 bridgehead atoms. The molecule has 3 rings (SSSR count). The summed E-state index contributed by atoms with van der Waals surface area (Å²) in [5.41, 5.74) is 1.58. The summed E-state index contributed by atoms with van der Waals surface area (Å²) in [4.78, 5) is 15.8. The van der Waals surface area contributed by atoms with Gasteiger partial charge in [-0.05, 0) is 25.0 Å². The molecule has 2 aromatic rings. The largest absolute Gasteiger partial charge is 0.360 e. The highest BCUT2D eigenvalue weighted by atomic mass is 35.5. The molecule has 0 atom stereocenters. The van der Waals surface area contributed by atoms with E-state index in [-0.39, 0.29) is 11.2 Å². The first kappa shape index (κ1) is 11.8. The quantitative estimate of drug-likeness (QED) is 0.789. The first-order valence-electron chi connectivity index (χ1n) is 6.42. The highest BCUT2D eigenvalue weighted by molar-refractivity contribution is 6.31. The van der Waals surface area contributed by atoms with E-state index in [9.17, 15) is 4.79 Å². The van der Waals surface area contributed by atoms with Crippen molar-refractivity contribution in [3.05, 3.63) is 35.0 Å². The predicted molar refractivity (Wildman–Crippen MR) is 74.2 cm³/mol. The van der Waals surface area contributed by atoms with Crippen LogP contribution in [0.5, 0.6) is 0 Å². The van der Waals surface area contributed by atoms with Crippen LogP contribution in [0.15, 0.2) is 24.4 Å². The van der Waals surface area contributed by atoms with E-state index in [2.05, 4.69) is 11.9 Å². The van der Waals surface area contributed by atoms with Gasteiger partial charge >= 0.3 is 0 Å². The Morgan fingerprint density at radius 2 is 2.06 bits per heavy atom. The molecule has 1 aromatic carbocycles. The molecule has 1 fully saturated rings. The maximum Gasteiger partial charge on any atom is 0.170 e. The van der Waals surface area contributed by atoms with Crippen molar-refractivity contribution in [2.75, 3.05) is 0 Å². The third-order valence-corrected chi connectivity index (χ3v) is 4.38. The minimum absolute atomic E-state index is 0.172. The number of carbonyl (C=O) groups excluding carboxylic acids is 1. The summed E-state index contributed by atoms with van der Waals surface area (Å²) < 4.78 is 0. The molecular weight excluding hydrogens is 246 g/mol. The number of carbonyl (C=O) groups is 1. The topological polar surface area (TPSA) is 32.9 Å². The second-order valence-electron chi connectivity index (χ2n) is 5.49. The second-order valence-corrected chi connectivity index (χ2v) is 5.93. The normalized spacial score (nSPS) is 18.3. The number of aromatic amines is 1. The molecule has 0 unspecified atom stereocenters. The van der Waals surface area contributed by atoms with Crippen molar-refractivity contribution in [1.29, 1.82) is 0 Å². The van der Waals surface area contributed by atoms with Gasteiger partial charge in [-0.1, -0.05) is 37.4 Å². The van der Waals surface area contributed by atoms with E-state index in [1.807, 2.05) is 24.4 Å². The number of hydrogen-bond donors (Lipinski definition) is 1. The van der Waals surface area contributed by atoms with Gasteiger partial charge < -0.3 is 4.98 Å². The zero-order chi connectivity index (χ0) is 12.8. The molecule has 0 saturated heterocycles. The Morgan fingerprint density at radius 3 is 2.78 bits per heavy atom. The second kappa shape index (κ2) is 4.13. The van der Waals surface area contributed by atoms with Gasteiger partial charge in [0.05, 0.1) is 0 Å². The van der Waals surface area contributed by atoms with Gasteiger partial charge in [0, 0.05) is 33.1 Å². The van der Waals surface area contributed by atoms with E-state index < -0.39 is 0 Å². The molecule has 1 aliphatic rings. The first-order valence-corrected chi connectivity index (χ1v) is 6.79. The molecular formula is C15H16ClNO. The fraction of sp³-hybridized carbons (Fsp3) is 0.400. The number of hydrogen-bond acceptors (Lipinski definition) is 1. The van der Waals surface area contributed by atoms with Gasteiger partial charge in [-0.2, -0.15) is 0 Å². The number of nitrogens with one attached hydrogen (secondary N) is 1. The molecule has 0 radical (unpaired) electrons. The van der Waals surface area contributed by atoms with E-state index in [0.717, 1.165) is 42.1 Å². The van der Waals surface area contributed by atoms with Crippen LogP contribution in [0, 0.1) is 5.41 Å². The molecule has 94 valence electrons. The van der Waals surface area contributed by atoms with E-state index >= 15 is 0 Å². The number of halogens is 1. The van der Waals surface area contributed by atoms with Crippen LogP contribution in [-0.2, 0) is 0 Å². The lowest BCUT2D eigenvalue weighted by molar-refractivity contribution is 0.0825. The summed E-state index contributed by atoms with van der Waals surface area (Å²) >= 11 is 5.96. The van der Waals surface area contributed by atoms with Gasteiger partial charge in [0.15, 0.2) is 5.78 Å². The Balaban J connectivity index is 2.07. The molecule has 1 aliphatic carbocycles. The summed E-state index contributed by atoms with van der Waals surface area (Å²) in [5, 5.41) is 1.67. The van der Waals surface area contributed by atoms with Crippen LogP contribution in [-0.4, -0.2) is 10.8 Å². The van der Waals surface area contributed by atoms with E-state index in [4.69, 9.17) is 11.6 Å². The smallest absolute Gasteiger partial charge is 0.170 e. The number of Topliss-reactive ketones (excluding diaryl/α,β-unsaturated/α-hetero) is 1. The number of rotatable bonds is 2. The van der Waals surface area contributed by atoms with Crippen LogP contribution >= 0.6 is 11.6 Å². The molecule has 1 saturated carbocycles. The van der Waals surface area contributed by atoms with Gasteiger partial charge in [0.2, 0.25) is 0 Å². The van der Waals surface area contributed by atoms with Gasteiger partial charge in [0.1, 0.15) is 0 Å². The fourth-order valence-electron chi connectivity index (χ4n) is 2.99. The number of aromatic nitrogens is 1. The average molecular weight is 262 g/mol. The minimum Gasteiger partial charge on any atom is -0.360 e. The van der Waals surface area contributed by atoms with Crippen molar-refractivity contribution in [3.8, 4) is 0 Å². The molecule has 2 nitrogen and oxygen atoms in total. The monoisotopic (exact) mass is 261 g/mol. The average Bonchev–Trinajstić information content (AvgIpc) is 2.95. The zero-order valence-electron chi connectivity index (χ0n) is 10.4. The molecule has 0 aliphatic heterocycles. The highest BCUT2D eigenvalue weighted by Crippen LogP contribution is 2.41. The van der Waals surface area contributed by atoms with Gasteiger partial charge in [-0.25, -0.2) is 0 Å². The van der Waals surface area contributed by atoms with Crippen LogP contribution in [0.4, 0.5) is 0 Å². The molecule has 1 N–H and O–H groups in total. The lowest BCUT2D eigenvalue weighted by Crippen LogP contribution is -2.24. The maximum absolute atomic E-state index is 12.7. The summed E-state index contributed by atoms with van der Waals surface area (Å²) in [5.74, 6) is 0.272. The van der Waals surface area contributed by atoms with Crippen molar-refractivity contribution in [3.63, 3.8) is 0 Å². The third kappa shape index (κ3) is 1.76. The number of benzene rings is 1. The summed E-state index contributed by atoms with van der Waals surface area (Å²) in [6, 6.07) is 5.63. The van der Waals surface area contributed by atoms with Gasteiger partial charge in [0.25, 0.3) is 0 Å². The fourth-order valence-corrected chi connectivity index (χ4v) is 3.17. The molecule has 0 spiro atoms. The molecule has 18 heavy (non-hydrogen) atoms. The van der Waals surface area contributed by atoms with Crippen LogP contribution in [0.3, 0.4) is 0 Å². The van der Waals surface area contributed by atoms with Crippen LogP contribution in [0.25, 0.3) is 10.9 Å². The molecule has 1 aromatic heterocycles. The third-order valence-electron chi connectivity index (χ3n) is 4.14. The number of H-pyrrole nitrogens is 1. The Labute approximate surface area is 111 Å². The van der Waals surface area contributed by atoms with E-state index in [1.165, 1.54) is 0 Å². The number of fused-ring (bicyclic) bond motifs is 1. The Bertz CT molecular complexity index is 608. The molecule has 1 heterocycles. The summed E-state index contributed by atoms with van der Waals surface area (Å²) in [6.45, 7) is 2.09. The van der Waals surface area contributed by atoms with Crippen LogP contribution < -0.4 is 0 Å². The highest BCUT2D eigenvalue weighted by Gasteiger charge is 2.37. The maximum atomic E-state index is 12.7. The number of ketones is 1. The van der Waals surface area contributed by atoms with Crippen LogP contribution in [0.2, 0.25) is 5.02 Å². The Morgan fingerprint density at radius 1 is 1.33 bits per heavy atom. The van der Waals surface area contributed by atoms with Crippen molar-refractivity contribution >= 4 is 28.3 Å².